The third kappa shape index (κ3) is 3.10. The molecule has 1 atom stereocenters. The Balaban J connectivity index is 2.19. The molecular formula is C12H18N4O3. The number of rotatable bonds is 2. The minimum absolute atomic E-state index is 0.108. The van der Waals surface area contributed by atoms with Crippen molar-refractivity contribution in [2.45, 2.75) is 39.8 Å². The second-order valence-corrected chi connectivity index (χ2v) is 5.72. The third-order valence-corrected chi connectivity index (χ3v) is 3.08. The first kappa shape index (κ1) is 13.5. The molecule has 7 nitrogen and oxygen atoms in total. The van der Waals surface area contributed by atoms with Crippen LogP contribution in [-0.2, 0) is 16.1 Å². The van der Waals surface area contributed by atoms with Crippen molar-refractivity contribution in [3.8, 4) is 0 Å². The zero-order valence-electron chi connectivity index (χ0n) is 11.3. The largest absolute Gasteiger partial charge is 0.344 e. The van der Waals surface area contributed by atoms with Gasteiger partial charge in [-0.1, -0.05) is 25.9 Å². The minimum Gasteiger partial charge on any atom is -0.344 e. The summed E-state index contributed by atoms with van der Waals surface area (Å²) in [6, 6.07) is -0.533. The predicted molar refractivity (Wildman–Crippen MR) is 65.7 cm³/mol. The van der Waals surface area contributed by atoms with Gasteiger partial charge in [0.2, 0.25) is 18.2 Å². The second-order valence-electron chi connectivity index (χ2n) is 5.72. The highest BCUT2D eigenvalue weighted by atomic mass is 16.5. The monoisotopic (exact) mass is 266 g/mol. The summed E-state index contributed by atoms with van der Waals surface area (Å²) in [5, 5.41) is 6.48. The van der Waals surface area contributed by atoms with Crippen molar-refractivity contribution in [3.63, 3.8) is 0 Å². The van der Waals surface area contributed by atoms with E-state index in [9.17, 15) is 9.59 Å². The summed E-state index contributed by atoms with van der Waals surface area (Å²) in [5.74, 6) is 0.224. The van der Waals surface area contributed by atoms with Crippen LogP contribution in [0.3, 0.4) is 0 Å². The molecule has 1 aromatic rings. The Morgan fingerprint density at radius 1 is 1.47 bits per heavy atom. The molecule has 0 bridgehead atoms. The Morgan fingerprint density at radius 2 is 2.21 bits per heavy atom. The third-order valence-electron chi connectivity index (χ3n) is 3.08. The van der Waals surface area contributed by atoms with Crippen molar-refractivity contribution < 1.29 is 14.1 Å². The Labute approximate surface area is 111 Å². The van der Waals surface area contributed by atoms with Gasteiger partial charge >= 0.3 is 0 Å². The van der Waals surface area contributed by atoms with Gasteiger partial charge in [-0.2, -0.15) is 4.98 Å². The van der Waals surface area contributed by atoms with E-state index in [2.05, 4.69) is 20.0 Å². The molecule has 2 amide bonds. The lowest BCUT2D eigenvalue weighted by Gasteiger charge is -2.31. The smallest absolute Gasteiger partial charge is 0.246 e. The molecule has 0 spiro atoms. The van der Waals surface area contributed by atoms with Crippen LogP contribution in [0.25, 0.3) is 0 Å². The molecule has 2 rings (SSSR count). The average molecular weight is 266 g/mol. The normalized spacial score (nSPS) is 21.2. The van der Waals surface area contributed by atoms with Gasteiger partial charge in [-0.15, -0.1) is 0 Å². The Hall–Kier alpha value is -1.92. The fraction of sp³-hybridized carbons (Fsp3) is 0.667. The van der Waals surface area contributed by atoms with Gasteiger partial charge in [-0.3, -0.25) is 9.59 Å². The van der Waals surface area contributed by atoms with E-state index >= 15 is 0 Å². The summed E-state index contributed by atoms with van der Waals surface area (Å²) in [4.78, 5) is 29.7. The Morgan fingerprint density at radius 3 is 2.79 bits per heavy atom. The molecule has 0 saturated carbocycles. The van der Waals surface area contributed by atoms with Crippen LogP contribution in [0.1, 0.15) is 33.0 Å². The quantitative estimate of drug-likeness (QED) is 0.833. The van der Waals surface area contributed by atoms with Gasteiger partial charge in [0.1, 0.15) is 6.04 Å². The molecule has 1 aliphatic rings. The number of nitrogens with zero attached hydrogens (tertiary/aromatic N) is 3. The van der Waals surface area contributed by atoms with E-state index in [1.165, 1.54) is 6.39 Å². The summed E-state index contributed by atoms with van der Waals surface area (Å²) in [5.41, 5.74) is -0.341. The van der Waals surface area contributed by atoms with Crippen LogP contribution in [0.15, 0.2) is 10.9 Å². The molecule has 1 aromatic heterocycles. The number of amides is 2. The fourth-order valence-corrected chi connectivity index (χ4v) is 2.00. The maximum Gasteiger partial charge on any atom is 0.246 e. The van der Waals surface area contributed by atoms with Gasteiger partial charge < -0.3 is 14.7 Å². The lowest BCUT2D eigenvalue weighted by Crippen LogP contribution is -2.51. The lowest BCUT2D eigenvalue weighted by molar-refractivity contribution is -0.137. The standard InChI is InChI=1S/C12H18N4O3/c1-12(2,3)10-11(18)16(5-4-9(17)14-10)6-8-13-7-19-15-8/h7,10H,4-6H2,1-3H3,(H,14,17). The molecule has 2 heterocycles. The van der Waals surface area contributed by atoms with Crippen LogP contribution in [0, 0.1) is 5.41 Å². The maximum atomic E-state index is 12.5. The maximum absolute atomic E-state index is 12.5. The van der Waals surface area contributed by atoms with Crippen LogP contribution in [0.4, 0.5) is 0 Å². The summed E-state index contributed by atoms with van der Waals surface area (Å²) < 4.78 is 4.66. The van der Waals surface area contributed by atoms with Gasteiger partial charge in [-0.05, 0) is 5.41 Å². The van der Waals surface area contributed by atoms with E-state index in [4.69, 9.17) is 0 Å². The number of hydrogen-bond acceptors (Lipinski definition) is 5. The fourth-order valence-electron chi connectivity index (χ4n) is 2.00. The van der Waals surface area contributed by atoms with Gasteiger partial charge in [0.25, 0.3) is 0 Å². The Kier molecular flexibility index (Phi) is 3.55. The van der Waals surface area contributed by atoms with Crippen molar-refractivity contribution >= 4 is 11.8 Å². The van der Waals surface area contributed by atoms with E-state index in [0.717, 1.165) is 0 Å². The number of carbonyl (C=O) groups excluding carboxylic acids is 2. The highest BCUT2D eigenvalue weighted by molar-refractivity contribution is 5.90. The zero-order chi connectivity index (χ0) is 14.0. The highest BCUT2D eigenvalue weighted by Gasteiger charge is 2.38. The summed E-state index contributed by atoms with van der Waals surface area (Å²) in [7, 11) is 0. The summed E-state index contributed by atoms with van der Waals surface area (Å²) in [6.07, 6.45) is 1.51. The molecule has 0 radical (unpaired) electrons. The number of hydrogen-bond donors (Lipinski definition) is 1. The van der Waals surface area contributed by atoms with Crippen LogP contribution >= 0.6 is 0 Å². The SMILES string of the molecule is CC(C)(C)C1NC(=O)CCN(Cc2ncon2)C1=O. The van der Waals surface area contributed by atoms with Crippen molar-refractivity contribution in [1.29, 1.82) is 0 Å². The first-order valence-electron chi connectivity index (χ1n) is 6.21. The molecule has 0 aliphatic carbocycles. The van der Waals surface area contributed by atoms with E-state index in [1.54, 1.807) is 4.90 Å². The zero-order valence-corrected chi connectivity index (χ0v) is 11.3. The Bertz CT molecular complexity index is 464. The molecule has 1 saturated heterocycles. The molecule has 7 heteroatoms. The molecular weight excluding hydrogens is 248 g/mol. The number of carbonyl (C=O) groups is 2. The molecule has 104 valence electrons. The van der Waals surface area contributed by atoms with Gasteiger partial charge in [0.15, 0.2) is 5.82 Å². The first-order chi connectivity index (χ1) is 8.88. The van der Waals surface area contributed by atoms with Crippen LogP contribution in [0.2, 0.25) is 0 Å². The van der Waals surface area contributed by atoms with Crippen LogP contribution in [0.5, 0.6) is 0 Å². The van der Waals surface area contributed by atoms with Crippen molar-refractivity contribution in [2.24, 2.45) is 5.41 Å². The van der Waals surface area contributed by atoms with Gasteiger partial charge in [-0.25, -0.2) is 0 Å². The predicted octanol–water partition coefficient (Wildman–Crippen LogP) is 0.333. The number of aromatic nitrogens is 2. The lowest BCUT2D eigenvalue weighted by atomic mass is 9.86. The molecule has 1 fully saturated rings. The van der Waals surface area contributed by atoms with Crippen LogP contribution in [-0.4, -0.2) is 39.4 Å². The van der Waals surface area contributed by atoms with Crippen LogP contribution < -0.4 is 5.32 Å². The minimum atomic E-state index is -0.533. The van der Waals surface area contributed by atoms with Crippen molar-refractivity contribution in [1.82, 2.24) is 20.4 Å². The summed E-state index contributed by atoms with van der Waals surface area (Å²) >= 11 is 0. The average Bonchev–Trinajstić information content (AvgIpc) is 2.77. The van der Waals surface area contributed by atoms with E-state index < -0.39 is 6.04 Å². The molecule has 1 aliphatic heterocycles. The van der Waals surface area contributed by atoms with Gasteiger partial charge in [0, 0.05) is 13.0 Å². The van der Waals surface area contributed by atoms with E-state index in [-0.39, 0.29) is 30.2 Å². The van der Waals surface area contributed by atoms with Gasteiger partial charge in [0.05, 0.1) is 6.54 Å². The molecule has 0 aromatic carbocycles. The molecule has 19 heavy (non-hydrogen) atoms. The van der Waals surface area contributed by atoms with E-state index in [1.807, 2.05) is 20.8 Å². The number of nitrogens with one attached hydrogen (secondary N) is 1. The second kappa shape index (κ2) is 4.99. The van der Waals surface area contributed by atoms with E-state index in [0.29, 0.717) is 12.4 Å². The molecule has 1 N–H and O–H groups in total. The first-order valence-corrected chi connectivity index (χ1v) is 6.21. The molecule has 1 unspecified atom stereocenters. The highest BCUT2D eigenvalue weighted by Crippen LogP contribution is 2.23. The van der Waals surface area contributed by atoms with Crippen molar-refractivity contribution in [3.05, 3.63) is 12.2 Å². The topological polar surface area (TPSA) is 88.3 Å². The van der Waals surface area contributed by atoms with Crippen molar-refractivity contribution in [2.75, 3.05) is 6.54 Å². The summed E-state index contributed by atoms with van der Waals surface area (Å²) in [6.45, 7) is 6.40.